The van der Waals surface area contributed by atoms with Gasteiger partial charge >= 0.3 is 0 Å². The third-order valence-electron chi connectivity index (χ3n) is 4.24. The van der Waals surface area contributed by atoms with Crippen molar-refractivity contribution in [1.29, 1.82) is 0 Å². The van der Waals surface area contributed by atoms with Crippen LogP contribution in [0.2, 0.25) is 0 Å². The van der Waals surface area contributed by atoms with Crippen molar-refractivity contribution in [1.82, 2.24) is 14.5 Å². The Labute approximate surface area is 140 Å². The Hall–Kier alpha value is -1.95. The van der Waals surface area contributed by atoms with E-state index in [0.29, 0.717) is 18.2 Å². The van der Waals surface area contributed by atoms with Gasteiger partial charge < -0.3 is 10.2 Å². The van der Waals surface area contributed by atoms with Gasteiger partial charge in [0.2, 0.25) is 0 Å². The molecular formula is C17H22N4OS. The lowest BCUT2D eigenvalue weighted by Gasteiger charge is -2.33. The predicted octanol–water partition coefficient (Wildman–Crippen LogP) is 3.38. The first-order valence-electron chi connectivity index (χ1n) is 8.06. The van der Waals surface area contributed by atoms with Crippen molar-refractivity contribution < 1.29 is 4.79 Å². The van der Waals surface area contributed by atoms with E-state index in [9.17, 15) is 4.79 Å². The molecule has 0 bridgehead atoms. The Morgan fingerprint density at radius 1 is 1.35 bits per heavy atom. The minimum Gasteiger partial charge on any atom is -0.381 e. The first-order valence-corrected chi connectivity index (χ1v) is 8.90. The summed E-state index contributed by atoms with van der Waals surface area (Å²) in [5.41, 5.74) is 2.91. The van der Waals surface area contributed by atoms with Gasteiger partial charge in [-0.15, -0.1) is 5.10 Å². The van der Waals surface area contributed by atoms with Crippen molar-refractivity contribution in [2.24, 2.45) is 0 Å². The standard InChI is InChI=1S/C17H22N4OS/c1-12(2)13-5-7-14(8-6-13)18-15-4-3-9-21(10-15)17(22)16-11-23-20-19-16/h5-8,11-12,15,18H,3-4,9-10H2,1-2H3. The highest BCUT2D eigenvalue weighted by Gasteiger charge is 2.25. The van der Waals surface area contributed by atoms with E-state index in [1.165, 1.54) is 17.1 Å². The van der Waals surface area contributed by atoms with Crippen LogP contribution < -0.4 is 5.32 Å². The summed E-state index contributed by atoms with van der Waals surface area (Å²) in [4.78, 5) is 14.3. The molecule has 1 aromatic heterocycles. The summed E-state index contributed by atoms with van der Waals surface area (Å²) in [5.74, 6) is 0.527. The van der Waals surface area contributed by atoms with E-state index in [-0.39, 0.29) is 11.9 Å². The number of rotatable bonds is 4. The lowest BCUT2D eigenvalue weighted by atomic mass is 10.0. The Bertz CT molecular complexity index is 639. The van der Waals surface area contributed by atoms with Crippen molar-refractivity contribution in [3.8, 4) is 0 Å². The fourth-order valence-corrected chi connectivity index (χ4v) is 3.33. The molecule has 1 aliphatic heterocycles. The van der Waals surface area contributed by atoms with Gasteiger partial charge in [0.1, 0.15) is 0 Å². The number of likely N-dealkylation sites (tertiary alicyclic amines) is 1. The van der Waals surface area contributed by atoms with Crippen LogP contribution in [0, 0.1) is 0 Å². The molecule has 0 radical (unpaired) electrons. The second-order valence-corrected chi connectivity index (χ2v) is 6.91. The first kappa shape index (κ1) is 15.9. The molecule has 0 aliphatic carbocycles. The van der Waals surface area contributed by atoms with E-state index in [0.717, 1.165) is 25.1 Å². The van der Waals surface area contributed by atoms with Crippen molar-refractivity contribution in [3.63, 3.8) is 0 Å². The number of hydrogen-bond donors (Lipinski definition) is 1. The van der Waals surface area contributed by atoms with E-state index >= 15 is 0 Å². The highest BCUT2D eigenvalue weighted by atomic mass is 32.1. The number of amides is 1. The minimum absolute atomic E-state index is 0.0135. The molecule has 1 aliphatic rings. The topological polar surface area (TPSA) is 58.1 Å². The van der Waals surface area contributed by atoms with E-state index in [2.05, 4.69) is 53.0 Å². The number of aromatic nitrogens is 2. The van der Waals surface area contributed by atoms with Gasteiger partial charge in [0.05, 0.1) is 0 Å². The van der Waals surface area contributed by atoms with Gasteiger partial charge in [-0.2, -0.15) is 0 Å². The lowest BCUT2D eigenvalue weighted by molar-refractivity contribution is 0.0709. The highest BCUT2D eigenvalue weighted by Crippen LogP contribution is 2.20. The molecule has 0 saturated carbocycles. The molecule has 5 nitrogen and oxygen atoms in total. The molecule has 2 heterocycles. The minimum atomic E-state index is -0.0135. The van der Waals surface area contributed by atoms with Gasteiger partial charge in [0.25, 0.3) is 5.91 Å². The molecule has 1 saturated heterocycles. The third kappa shape index (κ3) is 3.88. The maximum atomic E-state index is 12.4. The zero-order chi connectivity index (χ0) is 16.2. The molecule has 1 atom stereocenters. The molecule has 1 unspecified atom stereocenters. The van der Waals surface area contributed by atoms with E-state index < -0.39 is 0 Å². The quantitative estimate of drug-likeness (QED) is 0.934. The van der Waals surface area contributed by atoms with Crippen LogP contribution in [-0.4, -0.2) is 39.5 Å². The van der Waals surface area contributed by atoms with E-state index in [1.54, 1.807) is 5.38 Å². The van der Waals surface area contributed by atoms with Gasteiger partial charge in [0, 0.05) is 30.2 Å². The fourth-order valence-electron chi connectivity index (χ4n) is 2.90. The first-order chi connectivity index (χ1) is 11.1. The monoisotopic (exact) mass is 330 g/mol. The normalized spacial score (nSPS) is 18.2. The summed E-state index contributed by atoms with van der Waals surface area (Å²) in [6.45, 7) is 5.89. The van der Waals surface area contributed by atoms with Crippen LogP contribution in [-0.2, 0) is 0 Å². The molecule has 2 aromatic rings. The maximum absolute atomic E-state index is 12.4. The van der Waals surface area contributed by atoms with Gasteiger partial charge in [-0.3, -0.25) is 4.79 Å². The van der Waals surface area contributed by atoms with Crippen LogP contribution in [0.5, 0.6) is 0 Å². The van der Waals surface area contributed by atoms with E-state index in [4.69, 9.17) is 0 Å². The number of nitrogens with zero attached hydrogens (tertiary/aromatic N) is 3. The summed E-state index contributed by atoms with van der Waals surface area (Å²) in [6, 6.07) is 8.87. The van der Waals surface area contributed by atoms with Crippen molar-refractivity contribution >= 4 is 23.1 Å². The molecule has 3 rings (SSSR count). The molecule has 1 N–H and O–H groups in total. The number of carbonyl (C=O) groups is 1. The summed E-state index contributed by atoms with van der Waals surface area (Å²) in [5, 5.41) is 9.15. The predicted molar refractivity (Wildman–Crippen MR) is 93.0 cm³/mol. The van der Waals surface area contributed by atoms with Crippen LogP contribution >= 0.6 is 11.5 Å². The Morgan fingerprint density at radius 3 is 2.78 bits per heavy atom. The van der Waals surface area contributed by atoms with Gasteiger partial charge in [-0.05, 0) is 48.0 Å². The Morgan fingerprint density at radius 2 is 2.13 bits per heavy atom. The van der Waals surface area contributed by atoms with Crippen LogP contribution in [0.3, 0.4) is 0 Å². The zero-order valence-electron chi connectivity index (χ0n) is 13.5. The maximum Gasteiger partial charge on any atom is 0.275 e. The smallest absolute Gasteiger partial charge is 0.275 e. The molecule has 122 valence electrons. The number of carbonyl (C=O) groups excluding carboxylic acids is 1. The van der Waals surface area contributed by atoms with Crippen LogP contribution in [0.15, 0.2) is 29.6 Å². The summed E-state index contributed by atoms with van der Waals surface area (Å²) >= 11 is 1.21. The molecule has 1 fully saturated rings. The molecule has 6 heteroatoms. The van der Waals surface area contributed by atoms with Gasteiger partial charge in [0.15, 0.2) is 5.69 Å². The van der Waals surface area contributed by atoms with E-state index in [1.807, 2.05) is 4.90 Å². The summed E-state index contributed by atoms with van der Waals surface area (Å²) in [6.07, 6.45) is 2.08. The molecular weight excluding hydrogens is 308 g/mol. The van der Waals surface area contributed by atoms with Gasteiger partial charge in [-0.1, -0.05) is 30.5 Å². The number of piperidine rings is 1. The average Bonchev–Trinajstić information content (AvgIpc) is 3.09. The Balaban J connectivity index is 1.61. The fraction of sp³-hybridized carbons (Fsp3) is 0.471. The van der Waals surface area contributed by atoms with Crippen LogP contribution in [0.25, 0.3) is 0 Å². The second kappa shape index (κ2) is 7.08. The second-order valence-electron chi connectivity index (χ2n) is 6.30. The highest BCUT2D eigenvalue weighted by molar-refractivity contribution is 7.03. The van der Waals surface area contributed by atoms with Crippen LogP contribution in [0.1, 0.15) is 48.7 Å². The lowest BCUT2D eigenvalue weighted by Crippen LogP contribution is -2.45. The number of anilines is 1. The molecule has 0 spiro atoms. The third-order valence-corrected chi connectivity index (χ3v) is 4.74. The van der Waals surface area contributed by atoms with Crippen molar-refractivity contribution in [2.45, 2.75) is 38.6 Å². The SMILES string of the molecule is CC(C)c1ccc(NC2CCCN(C(=O)c3csnn3)C2)cc1. The number of benzene rings is 1. The average molecular weight is 330 g/mol. The van der Waals surface area contributed by atoms with Crippen LogP contribution in [0.4, 0.5) is 5.69 Å². The van der Waals surface area contributed by atoms with Crippen molar-refractivity contribution in [3.05, 3.63) is 40.9 Å². The number of hydrogen-bond acceptors (Lipinski definition) is 5. The number of nitrogens with one attached hydrogen (secondary N) is 1. The zero-order valence-corrected chi connectivity index (χ0v) is 14.3. The molecule has 1 amide bonds. The molecule has 1 aromatic carbocycles. The summed E-state index contributed by atoms with van der Waals surface area (Å²) < 4.78 is 3.78. The van der Waals surface area contributed by atoms with Crippen molar-refractivity contribution in [2.75, 3.05) is 18.4 Å². The Kier molecular flexibility index (Phi) is 4.91. The largest absolute Gasteiger partial charge is 0.381 e. The van der Waals surface area contributed by atoms with Gasteiger partial charge in [-0.25, -0.2) is 0 Å². The summed E-state index contributed by atoms with van der Waals surface area (Å²) in [7, 11) is 0. The molecule has 23 heavy (non-hydrogen) atoms.